The molecule has 0 aliphatic rings. The smallest absolute Gasteiger partial charge is 0.315 e. The number of carbonyl (C=O) groups excluding carboxylic acids is 2. The van der Waals surface area contributed by atoms with Gasteiger partial charge in [-0.3, -0.25) is 9.59 Å². The molecule has 0 radical (unpaired) electrons. The van der Waals surface area contributed by atoms with Gasteiger partial charge in [-0.1, -0.05) is 19.8 Å². The first-order valence-corrected chi connectivity index (χ1v) is 6.47. The van der Waals surface area contributed by atoms with Crippen molar-refractivity contribution in [2.75, 3.05) is 13.1 Å². The average Bonchev–Trinajstić information content (AvgIpc) is 2.33. The Kier molecular flexibility index (Phi) is 9.20. The van der Waals surface area contributed by atoms with Crippen LogP contribution in [0.5, 0.6) is 0 Å². The van der Waals surface area contributed by atoms with E-state index in [2.05, 4.69) is 10.6 Å². The van der Waals surface area contributed by atoms with E-state index in [1.165, 1.54) is 0 Å². The summed E-state index contributed by atoms with van der Waals surface area (Å²) in [7, 11) is 0. The van der Waals surface area contributed by atoms with Crippen molar-refractivity contribution in [1.29, 1.82) is 0 Å². The summed E-state index contributed by atoms with van der Waals surface area (Å²) in [6.45, 7) is 2.30. The number of hydrogen-bond donors (Lipinski definition) is 4. The zero-order valence-electron chi connectivity index (χ0n) is 11.3. The summed E-state index contributed by atoms with van der Waals surface area (Å²) in [4.78, 5) is 32.2. The molecule has 7 heteroatoms. The molecule has 0 aliphatic heterocycles. The number of nitrogens with two attached hydrogens (primary N) is 1. The summed E-state index contributed by atoms with van der Waals surface area (Å²) < 4.78 is 0. The molecule has 0 saturated carbocycles. The van der Waals surface area contributed by atoms with Gasteiger partial charge in [0.05, 0.1) is 6.54 Å². The minimum Gasteiger partial charge on any atom is -0.481 e. The van der Waals surface area contributed by atoms with Gasteiger partial charge in [0.1, 0.15) is 0 Å². The molecule has 1 atom stereocenters. The number of primary amides is 1. The topological polar surface area (TPSA) is 122 Å². The monoisotopic (exact) mass is 273 g/mol. The third-order valence-corrected chi connectivity index (χ3v) is 2.72. The van der Waals surface area contributed by atoms with E-state index in [1.807, 2.05) is 6.92 Å². The molecule has 3 amide bonds. The molecule has 0 aromatic heterocycles. The van der Waals surface area contributed by atoms with E-state index in [1.54, 1.807) is 0 Å². The number of amides is 3. The number of rotatable bonds is 10. The number of aliphatic carboxylic acids is 1. The normalized spacial score (nSPS) is 11.6. The van der Waals surface area contributed by atoms with Crippen LogP contribution in [0.25, 0.3) is 0 Å². The number of carboxylic acids is 1. The lowest BCUT2D eigenvalue weighted by Gasteiger charge is -2.15. The predicted octanol–water partition coefficient (Wildman–Crippen LogP) is 0.442. The number of carbonyl (C=O) groups is 3. The molecule has 0 bridgehead atoms. The maximum Gasteiger partial charge on any atom is 0.315 e. The average molecular weight is 273 g/mol. The fraction of sp³-hybridized carbons (Fsp3) is 0.750. The van der Waals surface area contributed by atoms with Gasteiger partial charge in [-0.15, -0.1) is 0 Å². The molecule has 0 fully saturated rings. The van der Waals surface area contributed by atoms with Gasteiger partial charge in [-0.2, -0.15) is 0 Å². The minimum atomic E-state index is -0.798. The summed E-state index contributed by atoms with van der Waals surface area (Å²) in [6.07, 6.45) is 3.42. The zero-order valence-corrected chi connectivity index (χ0v) is 11.3. The van der Waals surface area contributed by atoms with E-state index in [-0.39, 0.29) is 18.9 Å². The SMILES string of the molecule is CCCC(CCNC(=O)NCC(N)=O)CCC(=O)O. The van der Waals surface area contributed by atoms with E-state index in [0.29, 0.717) is 13.0 Å². The zero-order chi connectivity index (χ0) is 14.7. The van der Waals surface area contributed by atoms with Crippen molar-refractivity contribution in [3.63, 3.8) is 0 Å². The van der Waals surface area contributed by atoms with Crippen molar-refractivity contribution < 1.29 is 19.5 Å². The van der Waals surface area contributed by atoms with Crippen LogP contribution in [0.15, 0.2) is 0 Å². The molecule has 0 aromatic carbocycles. The summed E-state index contributed by atoms with van der Waals surface area (Å²) in [6, 6.07) is -0.438. The Morgan fingerprint density at radius 1 is 1.16 bits per heavy atom. The minimum absolute atomic E-state index is 0.151. The number of carboxylic acid groups (broad SMARTS) is 1. The van der Waals surface area contributed by atoms with Crippen LogP contribution in [0.4, 0.5) is 4.79 Å². The van der Waals surface area contributed by atoms with Crippen LogP contribution in [0, 0.1) is 5.92 Å². The molecule has 0 spiro atoms. The van der Waals surface area contributed by atoms with Crippen molar-refractivity contribution in [3.8, 4) is 0 Å². The lowest BCUT2D eigenvalue weighted by Crippen LogP contribution is -2.41. The Bertz CT molecular complexity index is 307. The van der Waals surface area contributed by atoms with Gasteiger partial charge in [0.15, 0.2) is 0 Å². The van der Waals surface area contributed by atoms with Gasteiger partial charge in [-0.25, -0.2) is 4.79 Å². The Morgan fingerprint density at radius 3 is 2.37 bits per heavy atom. The van der Waals surface area contributed by atoms with Gasteiger partial charge in [-0.05, 0) is 18.8 Å². The van der Waals surface area contributed by atoms with Crippen LogP contribution in [0.2, 0.25) is 0 Å². The van der Waals surface area contributed by atoms with Crippen molar-refractivity contribution >= 4 is 17.9 Å². The van der Waals surface area contributed by atoms with E-state index in [4.69, 9.17) is 10.8 Å². The van der Waals surface area contributed by atoms with E-state index >= 15 is 0 Å². The Balaban J connectivity index is 3.81. The van der Waals surface area contributed by atoms with Crippen LogP contribution in [0.3, 0.4) is 0 Å². The van der Waals surface area contributed by atoms with Crippen LogP contribution < -0.4 is 16.4 Å². The number of nitrogens with one attached hydrogen (secondary N) is 2. The van der Waals surface area contributed by atoms with Crippen LogP contribution in [-0.4, -0.2) is 36.1 Å². The first kappa shape index (κ1) is 17.2. The Hall–Kier alpha value is -1.79. The molecule has 0 saturated heterocycles. The third-order valence-electron chi connectivity index (χ3n) is 2.72. The fourth-order valence-electron chi connectivity index (χ4n) is 1.79. The lowest BCUT2D eigenvalue weighted by molar-refractivity contribution is -0.137. The maximum atomic E-state index is 11.2. The molecule has 0 rings (SSSR count). The van der Waals surface area contributed by atoms with Crippen molar-refractivity contribution in [2.24, 2.45) is 11.7 Å². The molecule has 7 nitrogen and oxygen atoms in total. The van der Waals surface area contributed by atoms with E-state index in [9.17, 15) is 14.4 Å². The van der Waals surface area contributed by atoms with Crippen LogP contribution >= 0.6 is 0 Å². The van der Waals surface area contributed by atoms with E-state index < -0.39 is 17.9 Å². The molecule has 1 unspecified atom stereocenters. The van der Waals surface area contributed by atoms with E-state index in [0.717, 1.165) is 19.3 Å². The Morgan fingerprint density at radius 2 is 1.84 bits per heavy atom. The summed E-state index contributed by atoms with van der Waals surface area (Å²) in [5, 5.41) is 13.6. The highest BCUT2D eigenvalue weighted by molar-refractivity contribution is 5.82. The molecule has 5 N–H and O–H groups in total. The number of urea groups is 1. The van der Waals surface area contributed by atoms with Gasteiger partial charge < -0.3 is 21.5 Å². The second-order valence-electron chi connectivity index (χ2n) is 4.45. The van der Waals surface area contributed by atoms with Crippen LogP contribution in [-0.2, 0) is 9.59 Å². The summed E-state index contributed by atoms with van der Waals surface area (Å²) in [5.74, 6) is -1.11. The molecule has 0 aliphatic carbocycles. The fourth-order valence-corrected chi connectivity index (χ4v) is 1.79. The molecule has 0 heterocycles. The lowest BCUT2D eigenvalue weighted by atomic mass is 9.94. The number of hydrogen-bond acceptors (Lipinski definition) is 3. The third kappa shape index (κ3) is 11.1. The second kappa shape index (κ2) is 10.2. The summed E-state index contributed by atoms with van der Waals surface area (Å²) >= 11 is 0. The molecular formula is C12H23N3O4. The van der Waals surface area contributed by atoms with Crippen molar-refractivity contribution in [3.05, 3.63) is 0 Å². The largest absolute Gasteiger partial charge is 0.481 e. The highest BCUT2D eigenvalue weighted by Gasteiger charge is 2.10. The van der Waals surface area contributed by atoms with Gasteiger partial charge in [0.25, 0.3) is 0 Å². The second-order valence-corrected chi connectivity index (χ2v) is 4.45. The van der Waals surface area contributed by atoms with Gasteiger partial charge in [0.2, 0.25) is 5.91 Å². The summed E-state index contributed by atoms with van der Waals surface area (Å²) in [5.41, 5.74) is 4.89. The predicted molar refractivity (Wildman–Crippen MR) is 70.5 cm³/mol. The molecule has 0 aromatic rings. The van der Waals surface area contributed by atoms with Crippen molar-refractivity contribution in [1.82, 2.24) is 10.6 Å². The Labute approximate surface area is 112 Å². The quantitative estimate of drug-likeness (QED) is 0.461. The maximum absolute atomic E-state index is 11.2. The molecule has 110 valence electrons. The van der Waals surface area contributed by atoms with Crippen molar-refractivity contribution in [2.45, 2.75) is 39.0 Å². The van der Waals surface area contributed by atoms with Gasteiger partial charge >= 0.3 is 12.0 Å². The standard InChI is InChI=1S/C12H23N3O4/c1-2-3-9(4-5-11(17)18)6-7-14-12(19)15-8-10(13)16/h9H,2-8H2,1H3,(H2,13,16)(H,17,18)(H2,14,15,19). The van der Waals surface area contributed by atoms with Gasteiger partial charge in [0, 0.05) is 13.0 Å². The highest BCUT2D eigenvalue weighted by atomic mass is 16.4. The van der Waals surface area contributed by atoms with Crippen LogP contribution in [0.1, 0.15) is 39.0 Å². The molecular weight excluding hydrogens is 250 g/mol. The first-order valence-electron chi connectivity index (χ1n) is 6.47. The molecule has 19 heavy (non-hydrogen) atoms. The first-order chi connectivity index (χ1) is 8.95. The highest BCUT2D eigenvalue weighted by Crippen LogP contribution is 2.16.